The number of para-hydroxylation sites is 2. The SMILES string of the molecule is COc1ccccc1N(C)C(=O)C1(N)CCOC1. The highest BCUT2D eigenvalue weighted by Crippen LogP contribution is 2.29. The second kappa shape index (κ2) is 4.96. The number of ether oxygens (including phenoxy) is 2. The van der Waals surface area contributed by atoms with Crippen LogP contribution in [0.5, 0.6) is 5.75 Å². The molecule has 98 valence electrons. The molecule has 1 fully saturated rings. The summed E-state index contributed by atoms with van der Waals surface area (Å²) >= 11 is 0. The van der Waals surface area contributed by atoms with Gasteiger partial charge in [0.1, 0.15) is 11.3 Å². The Morgan fingerprint density at radius 1 is 1.50 bits per heavy atom. The molecule has 0 spiro atoms. The fraction of sp³-hybridized carbons (Fsp3) is 0.462. The molecule has 1 aliphatic heterocycles. The topological polar surface area (TPSA) is 64.8 Å². The average Bonchev–Trinajstić information content (AvgIpc) is 2.85. The molecule has 0 bridgehead atoms. The third-order valence-electron chi connectivity index (χ3n) is 3.23. The largest absolute Gasteiger partial charge is 0.495 e. The van der Waals surface area contributed by atoms with Crippen molar-refractivity contribution in [3.05, 3.63) is 24.3 Å². The number of amides is 1. The van der Waals surface area contributed by atoms with E-state index in [2.05, 4.69) is 0 Å². The highest BCUT2D eigenvalue weighted by molar-refractivity contribution is 6.01. The maximum Gasteiger partial charge on any atom is 0.249 e. The molecular formula is C13H18N2O3. The van der Waals surface area contributed by atoms with E-state index in [0.29, 0.717) is 24.5 Å². The van der Waals surface area contributed by atoms with Gasteiger partial charge in [0.05, 0.1) is 19.4 Å². The second-order valence-corrected chi connectivity index (χ2v) is 4.49. The van der Waals surface area contributed by atoms with E-state index < -0.39 is 5.54 Å². The molecule has 2 N–H and O–H groups in total. The molecule has 5 heteroatoms. The molecule has 1 saturated heterocycles. The highest BCUT2D eigenvalue weighted by atomic mass is 16.5. The zero-order valence-electron chi connectivity index (χ0n) is 10.7. The summed E-state index contributed by atoms with van der Waals surface area (Å²) in [5.41, 5.74) is 5.86. The molecule has 0 aliphatic carbocycles. The molecule has 1 aliphatic rings. The fourth-order valence-electron chi connectivity index (χ4n) is 2.10. The Balaban J connectivity index is 2.25. The Bertz CT molecular complexity index is 442. The van der Waals surface area contributed by atoms with Crippen LogP contribution in [0.3, 0.4) is 0 Å². The first-order chi connectivity index (χ1) is 8.58. The van der Waals surface area contributed by atoms with Gasteiger partial charge in [-0.15, -0.1) is 0 Å². The van der Waals surface area contributed by atoms with Gasteiger partial charge in [0.15, 0.2) is 0 Å². The van der Waals surface area contributed by atoms with Crippen LogP contribution < -0.4 is 15.4 Å². The number of benzene rings is 1. The number of methoxy groups -OCH3 is 1. The predicted octanol–water partition coefficient (Wildman–Crippen LogP) is 0.776. The van der Waals surface area contributed by atoms with Crippen LogP contribution in [0.15, 0.2) is 24.3 Å². The fourth-order valence-corrected chi connectivity index (χ4v) is 2.10. The van der Waals surface area contributed by atoms with Crippen molar-refractivity contribution in [1.82, 2.24) is 0 Å². The number of carbonyl (C=O) groups is 1. The number of nitrogens with zero attached hydrogens (tertiary/aromatic N) is 1. The Morgan fingerprint density at radius 3 is 2.83 bits per heavy atom. The lowest BCUT2D eigenvalue weighted by Crippen LogP contribution is -2.55. The van der Waals surface area contributed by atoms with Gasteiger partial charge in [-0.2, -0.15) is 0 Å². The molecule has 1 heterocycles. The van der Waals surface area contributed by atoms with E-state index in [-0.39, 0.29) is 12.5 Å². The van der Waals surface area contributed by atoms with Crippen LogP contribution in [-0.4, -0.2) is 38.8 Å². The number of rotatable bonds is 3. The Labute approximate surface area is 106 Å². The lowest BCUT2D eigenvalue weighted by atomic mass is 9.98. The Hall–Kier alpha value is -1.59. The summed E-state index contributed by atoms with van der Waals surface area (Å²) in [6.45, 7) is 0.799. The zero-order valence-corrected chi connectivity index (χ0v) is 10.7. The van der Waals surface area contributed by atoms with E-state index in [1.165, 1.54) is 4.90 Å². The van der Waals surface area contributed by atoms with Crippen LogP contribution in [0.4, 0.5) is 5.69 Å². The van der Waals surface area contributed by atoms with Gasteiger partial charge in [-0.1, -0.05) is 12.1 Å². The molecule has 18 heavy (non-hydrogen) atoms. The molecule has 0 aromatic heterocycles. The van der Waals surface area contributed by atoms with Crippen molar-refractivity contribution < 1.29 is 14.3 Å². The summed E-state index contributed by atoms with van der Waals surface area (Å²) in [5, 5.41) is 0. The minimum absolute atomic E-state index is 0.149. The molecule has 1 aromatic carbocycles. The van der Waals surface area contributed by atoms with Crippen LogP contribution in [0.25, 0.3) is 0 Å². The minimum Gasteiger partial charge on any atom is -0.495 e. The summed E-state index contributed by atoms with van der Waals surface area (Å²) in [6.07, 6.45) is 0.547. The molecule has 1 unspecified atom stereocenters. The van der Waals surface area contributed by atoms with Crippen molar-refractivity contribution in [3.8, 4) is 5.75 Å². The van der Waals surface area contributed by atoms with Gasteiger partial charge in [-0.05, 0) is 18.6 Å². The van der Waals surface area contributed by atoms with Gasteiger partial charge in [0, 0.05) is 13.7 Å². The number of likely N-dealkylation sites (N-methyl/N-ethyl adjacent to an activating group) is 1. The molecule has 1 atom stereocenters. The van der Waals surface area contributed by atoms with Crippen molar-refractivity contribution in [2.24, 2.45) is 5.73 Å². The Morgan fingerprint density at radius 2 is 2.22 bits per heavy atom. The first kappa shape index (κ1) is 12.9. The van der Waals surface area contributed by atoms with E-state index in [0.717, 1.165) is 0 Å². The van der Waals surface area contributed by atoms with Crippen LogP contribution in [0, 0.1) is 0 Å². The van der Waals surface area contributed by atoms with E-state index in [1.54, 1.807) is 14.2 Å². The summed E-state index contributed by atoms with van der Waals surface area (Å²) in [6, 6.07) is 7.36. The van der Waals surface area contributed by atoms with Gasteiger partial charge in [-0.3, -0.25) is 4.79 Å². The first-order valence-corrected chi connectivity index (χ1v) is 5.86. The zero-order chi connectivity index (χ0) is 13.2. The molecule has 2 rings (SSSR count). The first-order valence-electron chi connectivity index (χ1n) is 5.86. The third kappa shape index (κ3) is 2.19. The maximum atomic E-state index is 12.4. The molecule has 5 nitrogen and oxygen atoms in total. The summed E-state index contributed by atoms with van der Waals surface area (Å²) in [7, 11) is 3.28. The molecular weight excluding hydrogens is 232 g/mol. The average molecular weight is 250 g/mol. The van der Waals surface area contributed by atoms with Crippen molar-refractivity contribution in [3.63, 3.8) is 0 Å². The van der Waals surface area contributed by atoms with Crippen molar-refractivity contribution in [2.45, 2.75) is 12.0 Å². The minimum atomic E-state index is -0.921. The maximum absolute atomic E-state index is 12.4. The smallest absolute Gasteiger partial charge is 0.249 e. The predicted molar refractivity (Wildman–Crippen MR) is 68.8 cm³/mol. The third-order valence-corrected chi connectivity index (χ3v) is 3.23. The number of anilines is 1. The van der Waals surface area contributed by atoms with Crippen molar-refractivity contribution in [1.29, 1.82) is 0 Å². The number of carbonyl (C=O) groups excluding carboxylic acids is 1. The summed E-state index contributed by atoms with van der Waals surface area (Å²) < 4.78 is 10.5. The summed E-state index contributed by atoms with van der Waals surface area (Å²) in [5.74, 6) is 0.500. The van der Waals surface area contributed by atoms with Gasteiger partial charge in [0.2, 0.25) is 5.91 Å². The van der Waals surface area contributed by atoms with E-state index in [1.807, 2.05) is 24.3 Å². The van der Waals surface area contributed by atoms with Crippen molar-refractivity contribution >= 4 is 11.6 Å². The standard InChI is InChI=1S/C13H18N2O3/c1-15(10-5-3-4-6-11(10)17-2)12(16)13(14)7-8-18-9-13/h3-6H,7-9,14H2,1-2H3. The van der Waals surface area contributed by atoms with Gasteiger partial charge in [0.25, 0.3) is 0 Å². The van der Waals surface area contributed by atoms with Crippen LogP contribution in [0.1, 0.15) is 6.42 Å². The van der Waals surface area contributed by atoms with Crippen LogP contribution >= 0.6 is 0 Å². The van der Waals surface area contributed by atoms with E-state index in [4.69, 9.17) is 15.2 Å². The normalized spacial score (nSPS) is 22.8. The summed E-state index contributed by atoms with van der Waals surface area (Å²) in [4.78, 5) is 13.9. The van der Waals surface area contributed by atoms with Crippen molar-refractivity contribution in [2.75, 3.05) is 32.3 Å². The van der Waals surface area contributed by atoms with Gasteiger partial charge in [-0.25, -0.2) is 0 Å². The Kier molecular flexibility index (Phi) is 3.54. The molecule has 1 amide bonds. The molecule has 0 saturated carbocycles. The van der Waals surface area contributed by atoms with Crippen LogP contribution in [-0.2, 0) is 9.53 Å². The second-order valence-electron chi connectivity index (χ2n) is 4.49. The van der Waals surface area contributed by atoms with Gasteiger partial charge < -0.3 is 20.1 Å². The lowest BCUT2D eigenvalue weighted by molar-refractivity contribution is -0.123. The number of hydrogen-bond donors (Lipinski definition) is 1. The highest BCUT2D eigenvalue weighted by Gasteiger charge is 2.40. The monoisotopic (exact) mass is 250 g/mol. The molecule has 0 radical (unpaired) electrons. The lowest BCUT2D eigenvalue weighted by Gasteiger charge is -2.28. The van der Waals surface area contributed by atoms with E-state index >= 15 is 0 Å². The van der Waals surface area contributed by atoms with E-state index in [9.17, 15) is 4.79 Å². The quantitative estimate of drug-likeness (QED) is 0.860. The number of hydrogen-bond acceptors (Lipinski definition) is 4. The van der Waals surface area contributed by atoms with Gasteiger partial charge >= 0.3 is 0 Å². The van der Waals surface area contributed by atoms with Crippen LogP contribution in [0.2, 0.25) is 0 Å². The number of nitrogens with two attached hydrogens (primary N) is 1. The molecule has 1 aromatic rings.